The van der Waals surface area contributed by atoms with Gasteiger partial charge in [-0.3, -0.25) is 9.59 Å². The molecule has 0 atom stereocenters. The Bertz CT molecular complexity index is 385. The van der Waals surface area contributed by atoms with Gasteiger partial charge in [0.25, 0.3) is 0 Å². The molecule has 2 saturated carbocycles. The first kappa shape index (κ1) is 16.7. The van der Waals surface area contributed by atoms with Crippen molar-refractivity contribution in [1.82, 2.24) is 5.32 Å². The number of carbonyl (C=O) groups excluding carboxylic acids is 1. The van der Waals surface area contributed by atoms with E-state index < -0.39 is 5.97 Å². The van der Waals surface area contributed by atoms with Gasteiger partial charge in [-0.15, -0.1) is 0 Å². The first-order chi connectivity index (χ1) is 9.99. The van der Waals surface area contributed by atoms with Gasteiger partial charge < -0.3 is 10.4 Å². The van der Waals surface area contributed by atoms with Crippen LogP contribution in [-0.4, -0.2) is 34.5 Å². The summed E-state index contributed by atoms with van der Waals surface area (Å²) in [7, 11) is 0. The number of thioether (sulfide) groups is 1. The summed E-state index contributed by atoms with van der Waals surface area (Å²) in [5.74, 6) is -0.737. The summed E-state index contributed by atoms with van der Waals surface area (Å²) in [6.07, 6.45) is 11.3. The largest absolute Gasteiger partial charge is 0.481 e. The molecule has 2 aliphatic rings. The molecule has 0 aromatic carbocycles. The van der Waals surface area contributed by atoms with Crippen LogP contribution in [0, 0.1) is 5.41 Å². The first-order valence-electron chi connectivity index (χ1n) is 8.03. The third kappa shape index (κ3) is 4.38. The van der Waals surface area contributed by atoms with Crippen LogP contribution in [-0.2, 0) is 9.59 Å². The van der Waals surface area contributed by atoms with Gasteiger partial charge in [0.1, 0.15) is 0 Å². The summed E-state index contributed by atoms with van der Waals surface area (Å²) >= 11 is 1.87. The maximum atomic E-state index is 12.3. The van der Waals surface area contributed by atoms with Crippen molar-refractivity contribution in [3.8, 4) is 0 Å². The van der Waals surface area contributed by atoms with Crippen LogP contribution in [0.3, 0.4) is 0 Å². The van der Waals surface area contributed by atoms with E-state index in [9.17, 15) is 9.59 Å². The van der Waals surface area contributed by atoms with E-state index in [1.165, 1.54) is 25.7 Å². The van der Waals surface area contributed by atoms with Crippen molar-refractivity contribution in [3.63, 3.8) is 0 Å². The summed E-state index contributed by atoms with van der Waals surface area (Å²) in [6.45, 7) is 0.732. The van der Waals surface area contributed by atoms with Crippen LogP contribution in [0.5, 0.6) is 0 Å². The average Bonchev–Trinajstić information content (AvgIpc) is 3.06. The molecule has 4 nitrogen and oxygen atoms in total. The van der Waals surface area contributed by atoms with E-state index in [4.69, 9.17) is 5.11 Å². The Balaban J connectivity index is 1.86. The maximum absolute atomic E-state index is 12.3. The van der Waals surface area contributed by atoms with E-state index in [-0.39, 0.29) is 22.5 Å². The molecular formula is C16H27NO3S. The third-order valence-corrected chi connectivity index (χ3v) is 6.70. The van der Waals surface area contributed by atoms with Gasteiger partial charge >= 0.3 is 5.97 Å². The zero-order chi connectivity index (χ0) is 15.3. The summed E-state index contributed by atoms with van der Waals surface area (Å²) in [6, 6.07) is 0. The fraction of sp³-hybridized carbons (Fsp3) is 0.875. The lowest BCUT2D eigenvalue weighted by Crippen LogP contribution is -2.40. The molecule has 0 saturated heterocycles. The highest BCUT2D eigenvalue weighted by Gasteiger charge is 2.39. The summed E-state index contributed by atoms with van der Waals surface area (Å²) in [4.78, 5) is 23.4. The highest BCUT2D eigenvalue weighted by atomic mass is 32.2. The van der Waals surface area contributed by atoms with E-state index in [1.54, 1.807) is 0 Å². The molecule has 0 spiro atoms. The van der Waals surface area contributed by atoms with E-state index in [2.05, 4.69) is 11.6 Å². The molecule has 0 aromatic rings. The fourth-order valence-electron chi connectivity index (χ4n) is 4.00. The Hall–Kier alpha value is -0.710. The standard InChI is InChI=1S/C16H27NO3S/c1-21-16(8-4-5-9-16)12-17-13(18)10-15(11-14(19)20)6-2-3-7-15/h2-12H2,1H3,(H,17,18)(H,19,20). The molecule has 1 amide bonds. The van der Waals surface area contributed by atoms with Crippen molar-refractivity contribution in [2.45, 2.75) is 69.0 Å². The number of nitrogens with one attached hydrogen (secondary N) is 1. The fourth-order valence-corrected chi connectivity index (χ4v) is 4.91. The highest BCUT2D eigenvalue weighted by molar-refractivity contribution is 8.00. The first-order valence-corrected chi connectivity index (χ1v) is 9.25. The van der Waals surface area contributed by atoms with Gasteiger partial charge in [0.15, 0.2) is 0 Å². The third-order valence-electron chi connectivity index (χ3n) is 5.28. The van der Waals surface area contributed by atoms with E-state index in [0.29, 0.717) is 6.42 Å². The topological polar surface area (TPSA) is 66.4 Å². The Morgan fingerprint density at radius 3 is 2.14 bits per heavy atom. The van der Waals surface area contributed by atoms with Crippen LogP contribution in [0.4, 0.5) is 0 Å². The average molecular weight is 313 g/mol. The van der Waals surface area contributed by atoms with Gasteiger partial charge in [-0.25, -0.2) is 0 Å². The minimum Gasteiger partial charge on any atom is -0.481 e. The monoisotopic (exact) mass is 313 g/mol. The van der Waals surface area contributed by atoms with Crippen LogP contribution in [0.1, 0.15) is 64.2 Å². The highest BCUT2D eigenvalue weighted by Crippen LogP contribution is 2.44. The number of carboxylic acids is 1. The zero-order valence-electron chi connectivity index (χ0n) is 13.0. The Kier molecular flexibility index (Phi) is 5.58. The number of hydrogen-bond acceptors (Lipinski definition) is 3. The lowest BCUT2D eigenvalue weighted by atomic mass is 9.79. The molecule has 0 aromatic heterocycles. The molecule has 2 rings (SSSR count). The summed E-state index contributed by atoms with van der Waals surface area (Å²) in [5, 5.41) is 12.2. The summed E-state index contributed by atoms with van der Waals surface area (Å²) < 4.78 is 0.214. The lowest BCUT2D eigenvalue weighted by Gasteiger charge is -2.29. The molecule has 0 heterocycles. The van der Waals surface area contributed by atoms with Crippen LogP contribution < -0.4 is 5.32 Å². The maximum Gasteiger partial charge on any atom is 0.303 e. The quantitative estimate of drug-likeness (QED) is 0.757. The van der Waals surface area contributed by atoms with E-state index in [1.807, 2.05) is 11.8 Å². The van der Waals surface area contributed by atoms with Crippen LogP contribution in [0.2, 0.25) is 0 Å². The smallest absolute Gasteiger partial charge is 0.303 e. The lowest BCUT2D eigenvalue weighted by molar-refractivity contribution is -0.140. The van der Waals surface area contributed by atoms with E-state index >= 15 is 0 Å². The second kappa shape index (κ2) is 7.03. The van der Waals surface area contributed by atoms with Crippen LogP contribution >= 0.6 is 11.8 Å². The Morgan fingerprint density at radius 1 is 1.05 bits per heavy atom. The molecule has 0 radical (unpaired) electrons. The van der Waals surface area contributed by atoms with Gasteiger partial charge in [0.2, 0.25) is 5.91 Å². The van der Waals surface area contributed by atoms with Crippen molar-refractivity contribution in [3.05, 3.63) is 0 Å². The minimum atomic E-state index is -0.777. The molecule has 2 aliphatic carbocycles. The molecule has 2 fully saturated rings. The zero-order valence-corrected chi connectivity index (χ0v) is 13.8. The SMILES string of the molecule is CSC1(CNC(=O)CC2(CC(=O)O)CCCC2)CCCC1. The van der Waals surface area contributed by atoms with Crippen molar-refractivity contribution in [1.29, 1.82) is 0 Å². The van der Waals surface area contributed by atoms with Gasteiger partial charge in [0.05, 0.1) is 6.42 Å². The molecule has 2 N–H and O–H groups in total. The minimum absolute atomic E-state index is 0.0403. The number of rotatable bonds is 7. The molecule has 0 bridgehead atoms. The van der Waals surface area contributed by atoms with Crippen molar-refractivity contribution >= 4 is 23.6 Å². The Labute approximate surface area is 131 Å². The second-order valence-electron chi connectivity index (χ2n) is 6.83. The molecule has 5 heteroatoms. The number of amides is 1. The Morgan fingerprint density at radius 2 is 1.62 bits per heavy atom. The molecule has 21 heavy (non-hydrogen) atoms. The van der Waals surface area contributed by atoms with Gasteiger partial charge in [0, 0.05) is 17.7 Å². The number of aliphatic carboxylic acids is 1. The van der Waals surface area contributed by atoms with Gasteiger partial charge in [-0.05, 0) is 37.4 Å². The van der Waals surface area contributed by atoms with E-state index in [0.717, 1.165) is 32.2 Å². The number of carboxylic acid groups (broad SMARTS) is 1. The number of hydrogen-bond donors (Lipinski definition) is 2. The molecular weight excluding hydrogens is 286 g/mol. The van der Waals surface area contributed by atoms with Crippen molar-refractivity contribution in [2.24, 2.45) is 5.41 Å². The number of carbonyl (C=O) groups is 2. The van der Waals surface area contributed by atoms with Crippen molar-refractivity contribution < 1.29 is 14.7 Å². The van der Waals surface area contributed by atoms with Gasteiger partial charge in [-0.2, -0.15) is 11.8 Å². The normalized spacial score (nSPS) is 23.1. The van der Waals surface area contributed by atoms with Crippen LogP contribution in [0.25, 0.3) is 0 Å². The predicted octanol–water partition coefficient (Wildman–Crippen LogP) is 3.20. The summed E-state index contributed by atoms with van der Waals surface area (Å²) in [5.41, 5.74) is -0.294. The van der Waals surface area contributed by atoms with Gasteiger partial charge in [-0.1, -0.05) is 25.7 Å². The molecule has 120 valence electrons. The second-order valence-corrected chi connectivity index (χ2v) is 8.10. The van der Waals surface area contributed by atoms with Crippen LogP contribution in [0.15, 0.2) is 0 Å². The molecule has 0 unspecified atom stereocenters. The van der Waals surface area contributed by atoms with Crippen molar-refractivity contribution in [2.75, 3.05) is 12.8 Å². The molecule has 0 aliphatic heterocycles. The predicted molar refractivity (Wildman–Crippen MR) is 85.5 cm³/mol.